The monoisotopic (exact) mass is 404 g/mol. The van der Waals surface area contributed by atoms with Gasteiger partial charge >= 0.3 is 0 Å². The molecule has 0 radical (unpaired) electrons. The summed E-state index contributed by atoms with van der Waals surface area (Å²) in [5.74, 6) is 1.41. The molecule has 0 atom stereocenters. The molecule has 0 bridgehead atoms. The Morgan fingerprint density at radius 2 is 1.93 bits per heavy atom. The highest BCUT2D eigenvalue weighted by Gasteiger charge is 2.29. The molecule has 5 rings (SSSR count). The molecule has 0 spiro atoms. The van der Waals surface area contributed by atoms with Crippen molar-refractivity contribution in [2.45, 2.75) is 39.3 Å². The van der Waals surface area contributed by atoms with E-state index in [1.165, 1.54) is 24.6 Å². The summed E-state index contributed by atoms with van der Waals surface area (Å²) in [6.45, 7) is 3.91. The zero-order valence-corrected chi connectivity index (χ0v) is 17.1. The number of hydrogen-bond acceptors (Lipinski definition) is 3. The van der Waals surface area contributed by atoms with Gasteiger partial charge in [-0.3, -0.25) is 9.48 Å². The number of nitrogens with zero attached hydrogens (tertiary/aromatic N) is 3. The van der Waals surface area contributed by atoms with Gasteiger partial charge < -0.3 is 10.2 Å². The minimum Gasteiger partial charge on any atom is -0.338 e. The van der Waals surface area contributed by atoms with E-state index >= 15 is 0 Å². The lowest BCUT2D eigenvalue weighted by molar-refractivity contribution is -0.129. The Bertz CT molecular complexity index is 1090. The number of nitrogens with one attached hydrogen (secondary N) is 1. The van der Waals surface area contributed by atoms with Crippen molar-refractivity contribution >= 4 is 17.4 Å². The van der Waals surface area contributed by atoms with Crippen LogP contribution in [0, 0.1) is 11.7 Å². The van der Waals surface area contributed by atoms with Gasteiger partial charge in [0.2, 0.25) is 5.91 Å². The van der Waals surface area contributed by atoms with E-state index in [2.05, 4.69) is 10.00 Å². The maximum absolute atomic E-state index is 14.1. The quantitative estimate of drug-likeness (QED) is 0.668. The largest absolute Gasteiger partial charge is 0.338 e. The van der Waals surface area contributed by atoms with Crippen molar-refractivity contribution in [2.24, 2.45) is 5.92 Å². The number of carbonyl (C=O) groups excluding carboxylic acids is 1. The number of rotatable bonds is 5. The fraction of sp³-hybridized carbons (Fsp3) is 0.333. The second-order valence-corrected chi connectivity index (χ2v) is 8.27. The van der Waals surface area contributed by atoms with Gasteiger partial charge in [-0.25, -0.2) is 4.39 Å². The third-order valence-corrected chi connectivity index (χ3v) is 6.04. The maximum Gasteiger partial charge on any atom is 0.219 e. The highest BCUT2D eigenvalue weighted by atomic mass is 19.1. The smallest absolute Gasteiger partial charge is 0.219 e. The van der Waals surface area contributed by atoms with E-state index in [4.69, 9.17) is 5.10 Å². The van der Waals surface area contributed by atoms with Gasteiger partial charge in [-0.1, -0.05) is 30.3 Å². The van der Waals surface area contributed by atoms with E-state index < -0.39 is 0 Å². The topological polar surface area (TPSA) is 50.2 Å². The van der Waals surface area contributed by atoms with E-state index in [9.17, 15) is 9.18 Å². The van der Waals surface area contributed by atoms with Crippen LogP contribution in [0.1, 0.15) is 31.0 Å². The van der Waals surface area contributed by atoms with E-state index in [0.717, 1.165) is 48.1 Å². The third kappa shape index (κ3) is 3.70. The molecule has 154 valence electrons. The summed E-state index contributed by atoms with van der Waals surface area (Å²) in [5.41, 5.74) is 4.67. The minimum absolute atomic E-state index is 0.0933. The molecule has 0 unspecified atom stereocenters. The Hall–Kier alpha value is -3.15. The van der Waals surface area contributed by atoms with Crippen LogP contribution in [0.25, 0.3) is 11.1 Å². The molecule has 2 aromatic carbocycles. The molecule has 0 saturated heterocycles. The molecule has 3 aromatic rings. The molecule has 2 aliphatic rings. The molecule has 1 aromatic heterocycles. The Kier molecular flexibility index (Phi) is 4.77. The average Bonchev–Trinajstić information content (AvgIpc) is 3.51. The molecule has 5 nitrogen and oxygen atoms in total. The summed E-state index contributed by atoms with van der Waals surface area (Å²) in [6.07, 6.45) is 3.38. The maximum atomic E-state index is 14.1. The lowest BCUT2D eigenvalue weighted by Gasteiger charge is -2.26. The molecule has 1 aliphatic carbocycles. The van der Waals surface area contributed by atoms with Crippen LogP contribution in [-0.2, 0) is 24.3 Å². The number of fused-ring (bicyclic) bond motifs is 1. The fourth-order valence-corrected chi connectivity index (χ4v) is 4.12. The molecule has 30 heavy (non-hydrogen) atoms. The van der Waals surface area contributed by atoms with Crippen LogP contribution >= 0.6 is 0 Å². The van der Waals surface area contributed by atoms with E-state index in [1.54, 1.807) is 19.1 Å². The Morgan fingerprint density at radius 1 is 1.17 bits per heavy atom. The van der Waals surface area contributed by atoms with Crippen molar-refractivity contribution in [1.29, 1.82) is 0 Å². The average molecular weight is 404 g/mol. The van der Waals surface area contributed by atoms with Gasteiger partial charge in [-0.15, -0.1) is 0 Å². The third-order valence-electron chi connectivity index (χ3n) is 6.04. The second-order valence-electron chi connectivity index (χ2n) is 8.27. The van der Waals surface area contributed by atoms with Gasteiger partial charge in [0, 0.05) is 48.9 Å². The Morgan fingerprint density at radius 3 is 2.63 bits per heavy atom. The molecule has 6 heteroatoms. The summed E-state index contributed by atoms with van der Waals surface area (Å²) >= 11 is 0. The summed E-state index contributed by atoms with van der Waals surface area (Å²) < 4.78 is 16.2. The van der Waals surface area contributed by atoms with Crippen LogP contribution in [0.2, 0.25) is 0 Å². The summed E-state index contributed by atoms with van der Waals surface area (Å²) in [4.78, 5) is 13.8. The lowest BCUT2D eigenvalue weighted by atomic mass is 10.0. The Labute approximate surface area is 175 Å². The van der Waals surface area contributed by atoms with Gasteiger partial charge in [-0.2, -0.15) is 5.10 Å². The number of carbonyl (C=O) groups is 1. The van der Waals surface area contributed by atoms with Crippen LogP contribution in [0.15, 0.2) is 48.5 Å². The predicted octanol–water partition coefficient (Wildman–Crippen LogP) is 4.75. The first-order chi connectivity index (χ1) is 14.6. The minimum atomic E-state index is -0.226. The van der Waals surface area contributed by atoms with Gasteiger partial charge in [0.25, 0.3) is 0 Å². The molecule has 1 aliphatic heterocycles. The van der Waals surface area contributed by atoms with Gasteiger partial charge in [0.15, 0.2) is 5.82 Å². The number of amides is 1. The van der Waals surface area contributed by atoms with Crippen molar-refractivity contribution in [3.63, 3.8) is 0 Å². The SMILES string of the molecule is CC(=O)N1CCc2c(c(Nc3ccc(-c4ccccc4F)cc3)nn2CC2CC2)C1. The highest BCUT2D eigenvalue weighted by Crippen LogP contribution is 2.34. The highest BCUT2D eigenvalue weighted by molar-refractivity contribution is 5.74. The van der Waals surface area contributed by atoms with Gasteiger partial charge in [0.05, 0.1) is 6.54 Å². The first-order valence-corrected chi connectivity index (χ1v) is 10.5. The van der Waals surface area contributed by atoms with Crippen LogP contribution < -0.4 is 5.32 Å². The zero-order valence-electron chi connectivity index (χ0n) is 17.1. The standard InChI is InChI=1S/C24H25FN4O/c1-16(30)28-13-12-23-21(15-28)24(27-29(23)14-17-6-7-17)26-19-10-8-18(9-11-19)20-4-2-3-5-22(20)25/h2-5,8-11,17H,6-7,12-15H2,1H3,(H,26,27). The summed E-state index contributed by atoms with van der Waals surface area (Å²) in [5, 5.41) is 8.30. The molecule has 1 N–H and O–H groups in total. The number of anilines is 2. The number of benzene rings is 2. The molecule has 1 saturated carbocycles. The summed E-state index contributed by atoms with van der Waals surface area (Å²) in [6, 6.07) is 14.5. The molecule has 1 amide bonds. The van der Waals surface area contributed by atoms with Crippen LogP contribution in [-0.4, -0.2) is 27.1 Å². The Balaban J connectivity index is 1.42. The number of halogens is 1. The van der Waals surface area contributed by atoms with Crippen molar-refractivity contribution in [3.8, 4) is 11.1 Å². The van der Waals surface area contributed by atoms with Crippen molar-refractivity contribution in [2.75, 3.05) is 11.9 Å². The predicted molar refractivity (Wildman–Crippen MR) is 115 cm³/mol. The van der Waals surface area contributed by atoms with E-state index in [1.807, 2.05) is 35.2 Å². The van der Waals surface area contributed by atoms with Crippen molar-refractivity contribution in [1.82, 2.24) is 14.7 Å². The van der Waals surface area contributed by atoms with E-state index in [0.29, 0.717) is 12.1 Å². The summed E-state index contributed by atoms with van der Waals surface area (Å²) in [7, 11) is 0. The molecule has 1 fully saturated rings. The van der Waals surface area contributed by atoms with Crippen molar-refractivity contribution in [3.05, 3.63) is 65.6 Å². The molecule has 2 heterocycles. The zero-order chi connectivity index (χ0) is 20.7. The van der Waals surface area contributed by atoms with E-state index in [-0.39, 0.29) is 11.7 Å². The number of aromatic nitrogens is 2. The first kappa shape index (κ1) is 18.9. The lowest BCUT2D eigenvalue weighted by Crippen LogP contribution is -2.34. The molecular weight excluding hydrogens is 379 g/mol. The van der Waals surface area contributed by atoms with Gasteiger partial charge in [-0.05, 0) is 42.5 Å². The molecular formula is C24H25FN4O. The van der Waals surface area contributed by atoms with Crippen LogP contribution in [0.4, 0.5) is 15.9 Å². The van der Waals surface area contributed by atoms with Gasteiger partial charge in [0.1, 0.15) is 5.82 Å². The fourth-order valence-electron chi connectivity index (χ4n) is 4.12. The normalized spacial score (nSPS) is 15.7. The van der Waals surface area contributed by atoms with Crippen molar-refractivity contribution < 1.29 is 9.18 Å². The first-order valence-electron chi connectivity index (χ1n) is 10.5. The van der Waals surface area contributed by atoms with Crippen LogP contribution in [0.5, 0.6) is 0 Å². The number of hydrogen-bond donors (Lipinski definition) is 1. The van der Waals surface area contributed by atoms with Crippen LogP contribution in [0.3, 0.4) is 0 Å². The second kappa shape index (κ2) is 7.59.